The molecule has 0 saturated heterocycles. The van der Waals surface area contributed by atoms with Crippen molar-refractivity contribution in [1.29, 1.82) is 0 Å². The highest BCUT2D eigenvalue weighted by atomic mass is 79.9. The molecular formula is C14H15BrN4S2. The van der Waals surface area contributed by atoms with Crippen LogP contribution in [0.1, 0.15) is 18.2 Å². The minimum Gasteiger partial charge on any atom is -0.364 e. The molecule has 0 fully saturated rings. The lowest BCUT2D eigenvalue weighted by Gasteiger charge is -2.09. The molecule has 110 valence electrons. The second-order valence-corrected chi connectivity index (χ2v) is 7.96. The molecule has 0 aliphatic heterocycles. The number of fused-ring (bicyclic) bond motifs is 1. The number of hydrogen-bond acceptors (Lipinski definition) is 6. The van der Waals surface area contributed by atoms with Gasteiger partial charge in [-0.2, -0.15) is 4.98 Å². The van der Waals surface area contributed by atoms with Gasteiger partial charge in [0.25, 0.3) is 0 Å². The molecule has 0 atom stereocenters. The Morgan fingerprint density at radius 1 is 1.19 bits per heavy atom. The summed E-state index contributed by atoms with van der Waals surface area (Å²) >= 11 is 6.86. The monoisotopic (exact) mass is 382 g/mol. The van der Waals surface area contributed by atoms with E-state index >= 15 is 0 Å². The molecule has 3 rings (SSSR count). The standard InChI is InChI=1S/C14H15BrN4S2/c1-2-6-16-14-18-12(10-5-7-20-13(10)19-14)17-8-9-3-4-11(15)21-9/h3-5,7H,2,6,8H2,1H3,(H2,16,17,18,19). The van der Waals surface area contributed by atoms with Crippen LogP contribution >= 0.6 is 38.6 Å². The number of aromatic nitrogens is 2. The van der Waals surface area contributed by atoms with Crippen LogP contribution in [0.5, 0.6) is 0 Å². The highest BCUT2D eigenvalue weighted by Crippen LogP contribution is 2.28. The van der Waals surface area contributed by atoms with Gasteiger partial charge in [0.1, 0.15) is 10.6 Å². The van der Waals surface area contributed by atoms with Crippen LogP contribution in [0.25, 0.3) is 10.2 Å². The summed E-state index contributed by atoms with van der Waals surface area (Å²) in [6.07, 6.45) is 1.05. The Labute approximate surface area is 139 Å². The van der Waals surface area contributed by atoms with E-state index in [1.807, 2.05) is 0 Å². The van der Waals surface area contributed by atoms with Gasteiger partial charge < -0.3 is 10.6 Å². The van der Waals surface area contributed by atoms with E-state index in [-0.39, 0.29) is 0 Å². The zero-order chi connectivity index (χ0) is 14.7. The molecule has 4 nitrogen and oxygen atoms in total. The molecular weight excluding hydrogens is 368 g/mol. The summed E-state index contributed by atoms with van der Waals surface area (Å²) in [7, 11) is 0. The van der Waals surface area contributed by atoms with E-state index < -0.39 is 0 Å². The normalized spacial score (nSPS) is 11.0. The summed E-state index contributed by atoms with van der Waals surface area (Å²) in [5, 5.41) is 9.82. The SMILES string of the molecule is CCCNc1nc(NCc2ccc(Br)s2)c2ccsc2n1. The van der Waals surface area contributed by atoms with E-state index in [0.717, 1.165) is 39.3 Å². The van der Waals surface area contributed by atoms with Crippen LogP contribution in [0, 0.1) is 0 Å². The van der Waals surface area contributed by atoms with E-state index in [1.54, 1.807) is 22.7 Å². The van der Waals surface area contributed by atoms with E-state index in [2.05, 4.69) is 67.0 Å². The van der Waals surface area contributed by atoms with Gasteiger partial charge in [-0.1, -0.05) is 6.92 Å². The first-order valence-electron chi connectivity index (χ1n) is 6.73. The third kappa shape index (κ3) is 3.53. The Hall–Kier alpha value is -1.18. The molecule has 21 heavy (non-hydrogen) atoms. The number of nitrogens with zero attached hydrogens (tertiary/aromatic N) is 2. The number of halogens is 1. The maximum Gasteiger partial charge on any atom is 0.226 e. The van der Waals surface area contributed by atoms with Crippen LogP contribution in [-0.2, 0) is 6.54 Å². The van der Waals surface area contributed by atoms with Crippen molar-refractivity contribution in [1.82, 2.24) is 9.97 Å². The highest BCUT2D eigenvalue weighted by Gasteiger charge is 2.09. The molecule has 0 amide bonds. The third-order valence-electron chi connectivity index (χ3n) is 2.92. The van der Waals surface area contributed by atoms with Crippen molar-refractivity contribution < 1.29 is 0 Å². The van der Waals surface area contributed by atoms with Crippen molar-refractivity contribution in [2.75, 3.05) is 17.2 Å². The molecule has 0 saturated carbocycles. The molecule has 0 aliphatic carbocycles. The lowest BCUT2D eigenvalue weighted by Crippen LogP contribution is -2.07. The fourth-order valence-corrected chi connectivity index (χ4v) is 4.11. The maximum absolute atomic E-state index is 4.60. The van der Waals surface area contributed by atoms with Crippen LogP contribution in [0.2, 0.25) is 0 Å². The molecule has 3 aromatic rings. The van der Waals surface area contributed by atoms with Crippen LogP contribution in [0.3, 0.4) is 0 Å². The number of thiophene rings is 2. The van der Waals surface area contributed by atoms with E-state index in [4.69, 9.17) is 0 Å². The van der Waals surface area contributed by atoms with Crippen molar-refractivity contribution in [2.45, 2.75) is 19.9 Å². The fourth-order valence-electron chi connectivity index (χ4n) is 1.92. The molecule has 0 bridgehead atoms. The molecule has 0 spiro atoms. The summed E-state index contributed by atoms with van der Waals surface area (Å²) in [5.41, 5.74) is 0. The topological polar surface area (TPSA) is 49.8 Å². The summed E-state index contributed by atoms with van der Waals surface area (Å²) in [5.74, 6) is 1.59. The summed E-state index contributed by atoms with van der Waals surface area (Å²) in [4.78, 5) is 11.4. The van der Waals surface area contributed by atoms with Crippen LogP contribution in [0.15, 0.2) is 27.4 Å². The summed E-state index contributed by atoms with van der Waals surface area (Å²) < 4.78 is 1.15. The van der Waals surface area contributed by atoms with Crippen LogP contribution in [0.4, 0.5) is 11.8 Å². The number of hydrogen-bond donors (Lipinski definition) is 2. The molecule has 7 heteroatoms. The lowest BCUT2D eigenvalue weighted by atomic mass is 10.3. The second kappa shape index (κ2) is 6.72. The van der Waals surface area contributed by atoms with Gasteiger partial charge in [0.2, 0.25) is 5.95 Å². The van der Waals surface area contributed by atoms with Gasteiger partial charge >= 0.3 is 0 Å². The number of anilines is 2. The molecule has 3 heterocycles. The Kier molecular flexibility index (Phi) is 4.72. The van der Waals surface area contributed by atoms with Gasteiger partial charge in [0, 0.05) is 11.4 Å². The Morgan fingerprint density at radius 2 is 2.10 bits per heavy atom. The van der Waals surface area contributed by atoms with Gasteiger partial charge in [-0.3, -0.25) is 0 Å². The zero-order valence-electron chi connectivity index (χ0n) is 11.5. The van der Waals surface area contributed by atoms with E-state index in [9.17, 15) is 0 Å². The predicted molar refractivity (Wildman–Crippen MR) is 95.5 cm³/mol. The largest absolute Gasteiger partial charge is 0.364 e. The van der Waals surface area contributed by atoms with Gasteiger partial charge in [-0.25, -0.2) is 4.98 Å². The first-order chi connectivity index (χ1) is 10.3. The lowest BCUT2D eigenvalue weighted by molar-refractivity contribution is 0.956. The van der Waals surface area contributed by atoms with Gasteiger partial charge in [0.15, 0.2) is 0 Å². The van der Waals surface area contributed by atoms with E-state index in [0.29, 0.717) is 5.95 Å². The van der Waals surface area contributed by atoms with Gasteiger partial charge in [-0.15, -0.1) is 22.7 Å². The average molecular weight is 383 g/mol. The van der Waals surface area contributed by atoms with Crippen LogP contribution < -0.4 is 10.6 Å². The van der Waals surface area contributed by atoms with Gasteiger partial charge in [-0.05, 0) is 45.9 Å². The molecule has 0 radical (unpaired) electrons. The molecule has 0 aromatic carbocycles. The smallest absolute Gasteiger partial charge is 0.226 e. The minimum absolute atomic E-state index is 0.696. The van der Waals surface area contributed by atoms with Crippen molar-refractivity contribution in [3.05, 3.63) is 32.2 Å². The maximum atomic E-state index is 4.60. The molecule has 2 N–H and O–H groups in total. The van der Waals surface area contributed by atoms with Crippen molar-refractivity contribution >= 4 is 60.6 Å². The van der Waals surface area contributed by atoms with Crippen molar-refractivity contribution in [2.24, 2.45) is 0 Å². The number of nitrogens with one attached hydrogen (secondary N) is 2. The zero-order valence-corrected chi connectivity index (χ0v) is 14.7. The summed E-state index contributed by atoms with van der Waals surface area (Å²) in [6.45, 7) is 3.78. The van der Waals surface area contributed by atoms with Crippen molar-refractivity contribution in [3.8, 4) is 0 Å². The molecule has 3 aromatic heterocycles. The number of rotatable bonds is 6. The van der Waals surface area contributed by atoms with Crippen LogP contribution in [-0.4, -0.2) is 16.5 Å². The average Bonchev–Trinajstić information content (AvgIpc) is 3.11. The Bertz CT molecular complexity index is 737. The highest BCUT2D eigenvalue weighted by molar-refractivity contribution is 9.11. The second-order valence-electron chi connectivity index (χ2n) is 4.52. The Balaban J connectivity index is 1.83. The first-order valence-corrected chi connectivity index (χ1v) is 9.22. The molecule has 0 aliphatic rings. The Morgan fingerprint density at radius 3 is 2.86 bits per heavy atom. The quantitative estimate of drug-likeness (QED) is 0.633. The van der Waals surface area contributed by atoms with Gasteiger partial charge in [0.05, 0.1) is 15.7 Å². The first kappa shape index (κ1) is 14.7. The third-order valence-corrected chi connectivity index (χ3v) is 5.35. The predicted octanol–water partition coefficient (Wildman–Crippen LogP) is 4.95. The fraction of sp³-hybridized carbons (Fsp3) is 0.286. The molecule has 0 unspecified atom stereocenters. The van der Waals surface area contributed by atoms with Crippen molar-refractivity contribution in [3.63, 3.8) is 0 Å². The summed E-state index contributed by atoms with van der Waals surface area (Å²) in [6, 6.07) is 6.25. The van der Waals surface area contributed by atoms with E-state index in [1.165, 1.54) is 4.88 Å². The minimum atomic E-state index is 0.696.